The quantitative estimate of drug-likeness (QED) is 0.674. The van der Waals surface area contributed by atoms with Crippen molar-refractivity contribution in [3.8, 4) is 0 Å². The molecule has 30 heavy (non-hydrogen) atoms. The lowest BCUT2D eigenvalue weighted by molar-refractivity contribution is -0.428. The number of benzene rings is 1. The Balaban J connectivity index is 1.57. The molecule has 3 aliphatic rings. The summed E-state index contributed by atoms with van der Waals surface area (Å²) >= 11 is 1.30. The molecule has 1 saturated carbocycles. The van der Waals surface area contributed by atoms with Gasteiger partial charge in [-0.15, -0.1) is 11.8 Å². The molecular formula is C22H25FN3O3S+. The summed E-state index contributed by atoms with van der Waals surface area (Å²) in [5, 5.41) is 1.18. The monoisotopic (exact) mass is 430 g/mol. The summed E-state index contributed by atoms with van der Waals surface area (Å²) in [6.07, 6.45) is 7.08. The third-order valence-corrected chi connectivity index (χ3v) is 7.09. The standard InChI is InChI=1S/C22H25FN3O3S/c1-24(16-8-3-2-4-9-16)19(27)14-25-18-11-12-30-20(18)21(28)26(22(25)29)13-15-7-5-6-10-17(15)23/h5-7,10-12,16,20H,2-4,8-9,13-14H2,1H3/q+1. The predicted octanol–water partition coefficient (Wildman–Crippen LogP) is 3.16. The zero-order valence-corrected chi connectivity index (χ0v) is 17.7. The second kappa shape index (κ2) is 8.71. The highest BCUT2D eigenvalue weighted by Crippen LogP contribution is 2.29. The fourth-order valence-corrected chi connectivity index (χ4v) is 5.24. The van der Waals surface area contributed by atoms with Gasteiger partial charge in [0.25, 0.3) is 5.91 Å². The van der Waals surface area contributed by atoms with Crippen molar-refractivity contribution >= 4 is 35.3 Å². The zero-order chi connectivity index (χ0) is 21.3. The Morgan fingerprint density at radius 2 is 1.97 bits per heavy atom. The van der Waals surface area contributed by atoms with E-state index in [0.29, 0.717) is 5.71 Å². The van der Waals surface area contributed by atoms with E-state index in [9.17, 15) is 18.8 Å². The van der Waals surface area contributed by atoms with Crippen molar-refractivity contribution in [3.63, 3.8) is 0 Å². The number of urea groups is 1. The van der Waals surface area contributed by atoms with Gasteiger partial charge in [0.2, 0.25) is 0 Å². The van der Waals surface area contributed by atoms with Gasteiger partial charge in [0.05, 0.1) is 0 Å². The van der Waals surface area contributed by atoms with Crippen LogP contribution in [0.3, 0.4) is 0 Å². The van der Waals surface area contributed by atoms with Crippen LogP contribution < -0.4 is 0 Å². The van der Waals surface area contributed by atoms with Gasteiger partial charge in [-0.3, -0.25) is 4.79 Å². The van der Waals surface area contributed by atoms with Crippen molar-refractivity contribution in [2.45, 2.75) is 49.9 Å². The molecule has 1 aromatic carbocycles. The number of rotatable bonds is 5. The number of amides is 4. The number of nitrogens with zero attached hydrogens (tertiary/aromatic N) is 3. The van der Waals surface area contributed by atoms with Gasteiger partial charge < -0.3 is 4.90 Å². The SMILES string of the molecule is CN(C(=O)C[N+]1=C2C=CSC2C(=O)N(Cc2ccccc2F)C1=O)C1CCCCC1. The van der Waals surface area contributed by atoms with Crippen LogP contribution in [0.4, 0.5) is 9.18 Å². The highest BCUT2D eigenvalue weighted by atomic mass is 32.2. The molecule has 1 unspecified atom stereocenters. The minimum Gasteiger partial charge on any atom is -0.339 e. The maximum atomic E-state index is 14.1. The highest BCUT2D eigenvalue weighted by molar-refractivity contribution is 8.04. The summed E-state index contributed by atoms with van der Waals surface area (Å²) in [6, 6.07) is 5.71. The molecular weight excluding hydrogens is 405 g/mol. The number of carbonyl (C=O) groups is 3. The van der Waals surface area contributed by atoms with E-state index in [1.165, 1.54) is 28.8 Å². The lowest BCUT2D eigenvalue weighted by Gasteiger charge is -2.31. The summed E-state index contributed by atoms with van der Waals surface area (Å²) in [5.41, 5.74) is 0.800. The fourth-order valence-electron chi connectivity index (χ4n) is 4.27. The Morgan fingerprint density at radius 1 is 1.23 bits per heavy atom. The van der Waals surface area contributed by atoms with Crippen LogP contribution in [-0.2, 0) is 16.1 Å². The van der Waals surface area contributed by atoms with Gasteiger partial charge in [-0.2, -0.15) is 14.3 Å². The molecule has 0 spiro atoms. The first-order chi connectivity index (χ1) is 14.5. The van der Waals surface area contributed by atoms with Crippen molar-refractivity contribution in [2.24, 2.45) is 0 Å². The summed E-state index contributed by atoms with van der Waals surface area (Å²) < 4.78 is 15.5. The Bertz CT molecular complexity index is 939. The largest absolute Gasteiger partial charge is 0.501 e. The molecule has 1 aliphatic carbocycles. The van der Waals surface area contributed by atoms with Crippen LogP contribution >= 0.6 is 11.8 Å². The van der Waals surface area contributed by atoms with E-state index in [4.69, 9.17) is 0 Å². The molecule has 1 atom stereocenters. The predicted molar refractivity (Wildman–Crippen MR) is 113 cm³/mol. The summed E-state index contributed by atoms with van der Waals surface area (Å²) in [7, 11) is 1.79. The molecule has 4 amide bonds. The molecule has 0 bridgehead atoms. The summed E-state index contributed by atoms with van der Waals surface area (Å²) in [6.45, 7) is -0.276. The minimum absolute atomic E-state index is 0.121. The van der Waals surface area contributed by atoms with Crippen LogP contribution in [-0.4, -0.2) is 62.8 Å². The Labute approximate surface area is 179 Å². The molecule has 0 aromatic heterocycles. The number of hydrogen-bond donors (Lipinski definition) is 0. The molecule has 1 fully saturated rings. The van der Waals surface area contributed by atoms with Crippen molar-refractivity contribution in [1.29, 1.82) is 0 Å². The summed E-state index contributed by atoms with van der Waals surface area (Å²) in [5.74, 6) is -0.991. The smallest absolute Gasteiger partial charge is 0.339 e. The maximum Gasteiger partial charge on any atom is 0.501 e. The van der Waals surface area contributed by atoms with Crippen LogP contribution in [0.5, 0.6) is 0 Å². The third kappa shape index (κ3) is 3.93. The van der Waals surface area contributed by atoms with Gasteiger partial charge in [-0.1, -0.05) is 37.5 Å². The second-order valence-electron chi connectivity index (χ2n) is 7.92. The van der Waals surface area contributed by atoms with Crippen LogP contribution in [0, 0.1) is 5.82 Å². The molecule has 2 heterocycles. The Kier molecular flexibility index (Phi) is 6.04. The number of imide groups is 1. The first-order valence-electron chi connectivity index (χ1n) is 10.3. The molecule has 6 nitrogen and oxygen atoms in total. The average Bonchev–Trinajstić information content (AvgIpc) is 3.25. The molecule has 0 N–H and O–H groups in total. The van der Waals surface area contributed by atoms with E-state index in [-0.39, 0.29) is 36.5 Å². The third-order valence-electron chi connectivity index (χ3n) is 6.08. The van der Waals surface area contributed by atoms with E-state index in [2.05, 4.69) is 0 Å². The number of halogens is 1. The lowest BCUT2D eigenvalue weighted by Crippen LogP contribution is -2.56. The van der Waals surface area contributed by atoms with E-state index in [0.717, 1.165) is 30.6 Å². The number of allylic oxidation sites excluding steroid dienone is 1. The number of likely N-dealkylation sites (N-methyl/N-ethyl adjacent to an activating group) is 1. The van der Waals surface area contributed by atoms with Gasteiger partial charge in [0.1, 0.15) is 18.1 Å². The van der Waals surface area contributed by atoms with Crippen molar-refractivity contribution in [2.75, 3.05) is 13.6 Å². The second-order valence-corrected chi connectivity index (χ2v) is 8.94. The molecule has 0 saturated heterocycles. The average molecular weight is 431 g/mol. The first-order valence-corrected chi connectivity index (χ1v) is 11.2. The zero-order valence-electron chi connectivity index (χ0n) is 16.9. The number of fused-ring (bicyclic) bond motifs is 1. The minimum atomic E-state index is -0.581. The number of carbonyl (C=O) groups excluding carboxylic acids is 3. The lowest BCUT2D eigenvalue weighted by atomic mass is 9.94. The molecule has 8 heteroatoms. The van der Waals surface area contributed by atoms with Gasteiger partial charge in [-0.25, -0.2) is 9.18 Å². The molecule has 1 aromatic rings. The van der Waals surface area contributed by atoms with Gasteiger partial charge in [0, 0.05) is 18.7 Å². The van der Waals surface area contributed by atoms with Crippen LogP contribution in [0.25, 0.3) is 0 Å². The molecule has 2 aliphatic heterocycles. The van der Waals surface area contributed by atoms with Gasteiger partial charge in [-0.05, 0) is 30.4 Å². The Hall–Kier alpha value is -2.48. The highest BCUT2D eigenvalue weighted by Gasteiger charge is 2.49. The van der Waals surface area contributed by atoms with Crippen LogP contribution in [0.15, 0.2) is 35.7 Å². The number of hydrogen-bond acceptors (Lipinski definition) is 4. The van der Waals surface area contributed by atoms with E-state index < -0.39 is 17.1 Å². The first kappa shape index (κ1) is 20.8. The fraction of sp³-hybridized carbons (Fsp3) is 0.455. The molecule has 4 rings (SSSR count). The normalized spacial score (nSPS) is 21.9. The van der Waals surface area contributed by atoms with Crippen molar-refractivity contribution < 1.29 is 23.3 Å². The Morgan fingerprint density at radius 3 is 2.70 bits per heavy atom. The van der Waals surface area contributed by atoms with E-state index in [1.807, 2.05) is 0 Å². The van der Waals surface area contributed by atoms with Crippen molar-refractivity contribution in [3.05, 3.63) is 47.1 Å². The van der Waals surface area contributed by atoms with Gasteiger partial charge >= 0.3 is 11.9 Å². The topological polar surface area (TPSA) is 60.7 Å². The number of thioether (sulfide) groups is 1. The van der Waals surface area contributed by atoms with Crippen LogP contribution in [0.1, 0.15) is 37.7 Å². The molecule has 158 valence electrons. The van der Waals surface area contributed by atoms with Gasteiger partial charge in [0.15, 0.2) is 11.8 Å². The summed E-state index contributed by atoms with van der Waals surface area (Å²) in [4.78, 5) is 41.9. The maximum absolute atomic E-state index is 14.1. The van der Waals surface area contributed by atoms with Crippen LogP contribution in [0.2, 0.25) is 0 Å². The van der Waals surface area contributed by atoms with Crippen molar-refractivity contribution in [1.82, 2.24) is 9.80 Å². The van der Waals surface area contributed by atoms with E-state index in [1.54, 1.807) is 41.6 Å². The van der Waals surface area contributed by atoms with E-state index >= 15 is 0 Å². The molecule has 0 radical (unpaired) electrons.